The monoisotopic (exact) mass is 383 g/mol. The van der Waals surface area contributed by atoms with Gasteiger partial charge in [0.2, 0.25) is 6.79 Å². The van der Waals surface area contributed by atoms with Crippen LogP contribution in [0, 0.1) is 5.92 Å². The third kappa shape index (κ3) is 2.66. The fourth-order valence-corrected chi connectivity index (χ4v) is 4.78. The van der Waals surface area contributed by atoms with E-state index in [2.05, 4.69) is 11.8 Å². The van der Waals surface area contributed by atoms with E-state index in [1.165, 1.54) is 12.8 Å². The van der Waals surface area contributed by atoms with Crippen LogP contribution in [0.4, 0.5) is 0 Å². The summed E-state index contributed by atoms with van der Waals surface area (Å²) in [5, 5.41) is 10.9. The molecule has 6 nitrogen and oxygen atoms in total. The standard InChI is InChI=1S/C22H25NO5/c1-13-20(14-6-5-7-16(25-2)21(14)24)15-10-18-19(27-12-26-18)11-17(15)28-22(13)23-8-3-4-9-23/h5-7,10-11,13,20,22,24H,3-4,8-9,12H2,1-2H3/t13-,20+,22+/m1/s1. The molecule has 3 aliphatic heterocycles. The second kappa shape index (κ2) is 6.78. The topological polar surface area (TPSA) is 60.4 Å². The zero-order valence-corrected chi connectivity index (χ0v) is 16.2. The average Bonchev–Trinajstić information content (AvgIpc) is 3.38. The van der Waals surface area contributed by atoms with Gasteiger partial charge in [0.1, 0.15) is 5.75 Å². The van der Waals surface area contributed by atoms with Crippen molar-refractivity contribution >= 4 is 0 Å². The van der Waals surface area contributed by atoms with E-state index < -0.39 is 0 Å². The molecule has 0 amide bonds. The second-order valence-corrected chi connectivity index (χ2v) is 7.73. The fraction of sp³-hybridized carbons (Fsp3) is 0.455. The van der Waals surface area contributed by atoms with Gasteiger partial charge in [-0.25, -0.2) is 0 Å². The number of hydrogen-bond donors (Lipinski definition) is 1. The summed E-state index contributed by atoms with van der Waals surface area (Å²) in [6.45, 7) is 4.48. The lowest BCUT2D eigenvalue weighted by atomic mass is 9.77. The smallest absolute Gasteiger partial charge is 0.231 e. The first-order valence-electron chi connectivity index (χ1n) is 9.87. The van der Waals surface area contributed by atoms with E-state index in [-0.39, 0.29) is 30.6 Å². The molecule has 5 rings (SSSR count). The quantitative estimate of drug-likeness (QED) is 0.872. The molecular weight excluding hydrogens is 358 g/mol. The van der Waals surface area contributed by atoms with Crippen LogP contribution in [0.2, 0.25) is 0 Å². The second-order valence-electron chi connectivity index (χ2n) is 7.73. The van der Waals surface area contributed by atoms with Gasteiger partial charge in [0.05, 0.1) is 7.11 Å². The van der Waals surface area contributed by atoms with Crippen molar-refractivity contribution in [3.05, 3.63) is 41.5 Å². The summed E-state index contributed by atoms with van der Waals surface area (Å²) in [6.07, 6.45) is 2.33. The normalized spacial score (nSPS) is 26.0. The minimum absolute atomic E-state index is 0.0426. The minimum atomic E-state index is -0.0500. The summed E-state index contributed by atoms with van der Waals surface area (Å²) < 4.78 is 23.0. The molecule has 2 aromatic rings. The van der Waals surface area contributed by atoms with E-state index >= 15 is 0 Å². The van der Waals surface area contributed by atoms with Crippen LogP contribution < -0.4 is 18.9 Å². The number of phenolic OH excluding ortho intramolecular Hbond substituents is 1. The van der Waals surface area contributed by atoms with Crippen molar-refractivity contribution in [3.63, 3.8) is 0 Å². The minimum Gasteiger partial charge on any atom is -0.504 e. The number of benzene rings is 2. The van der Waals surface area contributed by atoms with Gasteiger partial charge in [0, 0.05) is 42.1 Å². The van der Waals surface area contributed by atoms with Crippen LogP contribution in [0.1, 0.15) is 36.8 Å². The molecule has 6 heteroatoms. The van der Waals surface area contributed by atoms with E-state index in [0.29, 0.717) is 11.5 Å². The molecule has 0 aromatic heterocycles. The first kappa shape index (κ1) is 17.5. The molecule has 0 unspecified atom stereocenters. The van der Waals surface area contributed by atoms with Crippen LogP contribution in [-0.4, -0.2) is 43.2 Å². The van der Waals surface area contributed by atoms with E-state index in [0.717, 1.165) is 35.7 Å². The predicted molar refractivity (Wildman–Crippen MR) is 103 cm³/mol. The molecule has 0 radical (unpaired) electrons. The SMILES string of the molecule is COc1cccc([C@H]2c3cc4c(cc3O[C@H](N3CCCC3)[C@@H]2C)OCO4)c1O. The molecule has 1 saturated heterocycles. The van der Waals surface area contributed by atoms with Gasteiger partial charge >= 0.3 is 0 Å². The molecule has 0 bridgehead atoms. The summed E-state index contributed by atoms with van der Waals surface area (Å²) in [4.78, 5) is 2.41. The molecule has 3 atom stereocenters. The van der Waals surface area contributed by atoms with Gasteiger partial charge in [-0.05, 0) is 25.0 Å². The average molecular weight is 383 g/mol. The van der Waals surface area contributed by atoms with Crippen molar-refractivity contribution in [2.45, 2.75) is 31.9 Å². The van der Waals surface area contributed by atoms with Crippen molar-refractivity contribution in [2.75, 3.05) is 27.0 Å². The number of methoxy groups -OCH3 is 1. The third-order valence-electron chi connectivity index (χ3n) is 6.15. The van der Waals surface area contributed by atoms with Crippen LogP contribution in [-0.2, 0) is 0 Å². The van der Waals surface area contributed by atoms with Crippen molar-refractivity contribution in [1.29, 1.82) is 0 Å². The number of aromatic hydroxyl groups is 1. The molecule has 0 spiro atoms. The fourth-order valence-electron chi connectivity index (χ4n) is 4.78. The van der Waals surface area contributed by atoms with Gasteiger partial charge < -0.3 is 24.1 Å². The number of hydrogen-bond acceptors (Lipinski definition) is 6. The van der Waals surface area contributed by atoms with Gasteiger partial charge in [-0.15, -0.1) is 0 Å². The molecule has 2 aromatic carbocycles. The zero-order chi connectivity index (χ0) is 19.3. The van der Waals surface area contributed by atoms with Gasteiger partial charge in [-0.1, -0.05) is 19.1 Å². The molecule has 3 heterocycles. The molecule has 148 valence electrons. The largest absolute Gasteiger partial charge is 0.504 e. The summed E-state index contributed by atoms with van der Waals surface area (Å²) in [5.74, 6) is 3.00. The van der Waals surface area contributed by atoms with Gasteiger partial charge in [-0.3, -0.25) is 4.90 Å². The number of rotatable bonds is 3. The maximum atomic E-state index is 10.9. The van der Waals surface area contributed by atoms with Gasteiger partial charge in [-0.2, -0.15) is 0 Å². The molecule has 0 saturated carbocycles. The Morgan fingerprint density at radius 2 is 1.79 bits per heavy atom. The molecule has 1 fully saturated rings. The highest BCUT2D eigenvalue weighted by atomic mass is 16.7. The van der Waals surface area contributed by atoms with E-state index in [4.69, 9.17) is 18.9 Å². The molecule has 0 aliphatic carbocycles. The maximum absolute atomic E-state index is 10.9. The molecular formula is C22H25NO5. The Balaban J connectivity index is 1.65. The Bertz CT molecular complexity index is 893. The Kier molecular flexibility index (Phi) is 4.23. The Morgan fingerprint density at radius 1 is 1.04 bits per heavy atom. The highest BCUT2D eigenvalue weighted by Crippen LogP contribution is 2.52. The summed E-state index contributed by atoms with van der Waals surface area (Å²) in [6, 6.07) is 9.60. The first-order valence-corrected chi connectivity index (χ1v) is 9.87. The lowest BCUT2D eigenvalue weighted by Gasteiger charge is -2.42. The van der Waals surface area contributed by atoms with Crippen molar-refractivity contribution in [3.8, 4) is 28.7 Å². The van der Waals surface area contributed by atoms with Crippen LogP contribution >= 0.6 is 0 Å². The lowest BCUT2D eigenvalue weighted by molar-refractivity contribution is -0.0180. The number of ether oxygens (including phenoxy) is 4. The van der Waals surface area contributed by atoms with E-state index in [9.17, 15) is 5.11 Å². The summed E-state index contributed by atoms with van der Waals surface area (Å²) in [5.41, 5.74) is 1.86. The van der Waals surface area contributed by atoms with Gasteiger partial charge in [0.15, 0.2) is 29.2 Å². The summed E-state index contributed by atoms with van der Waals surface area (Å²) >= 11 is 0. The van der Waals surface area contributed by atoms with Crippen molar-refractivity contribution in [1.82, 2.24) is 4.90 Å². The zero-order valence-electron chi connectivity index (χ0n) is 16.2. The number of phenols is 1. The van der Waals surface area contributed by atoms with Crippen LogP contribution in [0.5, 0.6) is 28.7 Å². The predicted octanol–water partition coefficient (Wildman–Crippen LogP) is 3.71. The summed E-state index contributed by atoms with van der Waals surface area (Å²) in [7, 11) is 1.57. The Labute approximate surface area is 164 Å². The number of likely N-dealkylation sites (tertiary alicyclic amines) is 1. The third-order valence-corrected chi connectivity index (χ3v) is 6.15. The van der Waals surface area contributed by atoms with Crippen LogP contribution in [0.15, 0.2) is 30.3 Å². The van der Waals surface area contributed by atoms with E-state index in [1.807, 2.05) is 24.3 Å². The van der Waals surface area contributed by atoms with Gasteiger partial charge in [0.25, 0.3) is 0 Å². The van der Waals surface area contributed by atoms with Crippen molar-refractivity contribution < 1.29 is 24.1 Å². The molecule has 28 heavy (non-hydrogen) atoms. The molecule has 1 N–H and O–H groups in total. The number of nitrogens with zero attached hydrogens (tertiary/aromatic N) is 1. The van der Waals surface area contributed by atoms with Crippen LogP contribution in [0.3, 0.4) is 0 Å². The first-order chi connectivity index (χ1) is 13.7. The Morgan fingerprint density at radius 3 is 2.54 bits per heavy atom. The van der Waals surface area contributed by atoms with Crippen LogP contribution in [0.25, 0.3) is 0 Å². The van der Waals surface area contributed by atoms with Crippen molar-refractivity contribution in [2.24, 2.45) is 5.92 Å². The molecule has 3 aliphatic rings. The Hall–Kier alpha value is -2.60. The number of fused-ring (bicyclic) bond motifs is 2. The lowest BCUT2D eigenvalue weighted by Crippen LogP contribution is -2.47. The highest BCUT2D eigenvalue weighted by molar-refractivity contribution is 5.59. The maximum Gasteiger partial charge on any atom is 0.231 e. The van der Waals surface area contributed by atoms with E-state index in [1.54, 1.807) is 13.2 Å². The number of para-hydroxylation sites is 1. The highest BCUT2D eigenvalue weighted by Gasteiger charge is 2.42.